The van der Waals surface area contributed by atoms with Gasteiger partial charge < -0.3 is 5.32 Å². The van der Waals surface area contributed by atoms with Crippen molar-refractivity contribution in [2.24, 2.45) is 17.8 Å². The van der Waals surface area contributed by atoms with E-state index in [4.69, 9.17) is 0 Å². The molecule has 0 rings (SSSR count). The molecular formula is C16H35N. The first-order valence-corrected chi connectivity index (χ1v) is 7.49. The first-order valence-electron chi connectivity index (χ1n) is 7.49. The summed E-state index contributed by atoms with van der Waals surface area (Å²) in [5.41, 5.74) is 0.253. The number of hydrogen-bond donors (Lipinski definition) is 1. The molecule has 0 spiro atoms. The van der Waals surface area contributed by atoms with Gasteiger partial charge in [0.2, 0.25) is 0 Å². The van der Waals surface area contributed by atoms with E-state index < -0.39 is 0 Å². The zero-order valence-corrected chi connectivity index (χ0v) is 13.3. The predicted octanol–water partition coefficient (Wildman–Crippen LogP) is 4.86. The Morgan fingerprint density at radius 3 is 2.00 bits per heavy atom. The fourth-order valence-corrected chi connectivity index (χ4v) is 2.56. The fourth-order valence-electron chi connectivity index (χ4n) is 2.56. The molecule has 0 amide bonds. The summed E-state index contributed by atoms with van der Waals surface area (Å²) in [6.07, 6.45) is 5.44. The van der Waals surface area contributed by atoms with E-state index in [1.54, 1.807) is 0 Å². The Kier molecular flexibility index (Phi) is 8.11. The maximum atomic E-state index is 3.67. The monoisotopic (exact) mass is 241 g/mol. The lowest BCUT2D eigenvalue weighted by Crippen LogP contribution is -2.39. The Morgan fingerprint density at radius 1 is 1.00 bits per heavy atom. The van der Waals surface area contributed by atoms with Gasteiger partial charge in [-0.3, -0.25) is 0 Å². The minimum atomic E-state index is 0.253. The molecular weight excluding hydrogens is 206 g/mol. The van der Waals surface area contributed by atoms with E-state index >= 15 is 0 Å². The Labute approximate surface area is 110 Å². The molecule has 1 heteroatoms. The van der Waals surface area contributed by atoms with Crippen molar-refractivity contribution in [2.75, 3.05) is 6.54 Å². The molecule has 0 aromatic carbocycles. The van der Waals surface area contributed by atoms with E-state index in [9.17, 15) is 0 Å². The van der Waals surface area contributed by atoms with Crippen LogP contribution < -0.4 is 5.32 Å². The Balaban J connectivity index is 4.13. The average Bonchev–Trinajstić information content (AvgIpc) is 2.12. The molecule has 0 aliphatic rings. The van der Waals surface area contributed by atoms with E-state index in [-0.39, 0.29) is 5.54 Å². The van der Waals surface area contributed by atoms with Crippen molar-refractivity contribution in [2.45, 2.75) is 79.7 Å². The second-order valence-corrected chi connectivity index (χ2v) is 7.26. The van der Waals surface area contributed by atoms with Crippen LogP contribution in [0.1, 0.15) is 74.1 Å². The average molecular weight is 241 g/mol. The van der Waals surface area contributed by atoms with Gasteiger partial charge in [0.05, 0.1) is 0 Å². The van der Waals surface area contributed by atoms with Crippen LogP contribution >= 0.6 is 0 Å². The molecule has 2 atom stereocenters. The highest BCUT2D eigenvalue weighted by atomic mass is 14.9. The molecule has 0 aliphatic heterocycles. The minimum Gasteiger partial charge on any atom is -0.312 e. The summed E-state index contributed by atoms with van der Waals surface area (Å²) in [5.74, 6) is 2.54. The molecule has 1 nitrogen and oxygen atoms in total. The summed E-state index contributed by atoms with van der Waals surface area (Å²) in [6, 6.07) is 0. The van der Waals surface area contributed by atoms with Crippen LogP contribution in [0.15, 0.2) is 0 Å². The fraction of sp³-hybridized carbons (Fsp3) is 1.00. The predicted molar refractivity (Wildman–Crippen MR) is 79.4 cm³/mol. The zero-order valence-electron chi connectivity index (χ0n) is 13.3. The van der Waals surface area contributed by atoms with Gasteiger partial charge in [-0.15, -0.1) is 0 Å². The van der Waals surface area contributed by atoms with Crippen LogP contribution in [-0.2, 0) is 0 Å². The van der Waals surface area contributed by atoms with Crippen LogP contribution in [0, 0.1) is 17.8 Å². The van der Waals surface area contributed by atoms with Crippen molar-refractivity contribution in [3.05, 3.63) is 0 Å². The number of hydrogen-bond acceptors (Lipinski definition) is 1. The smallest absolute Gasteiger partial charge is 0.00966 e. The molecule has 0 radical (unpaired) electrons. The van der Waals surface area contributed by atoms with E-state index in [0.29, 0.717) is 0 Å². The van der Waals surface area contributed by atoms with Gasteiger partial charge in [-0.2, -0.15) is 0 Å². The SMILES string of the molecule is CCCC(C)CC(CNC(C)(C)C)CC(C)C. The quantitative estimate of drug-likeness (QED) is 0.639. The van der Waals surface area contributed by atoms with Crippen LogP contribution in [0.5, 0.6) is 0 Å². The number of nitrogens with one attached hydrogen (secondary N) is 1. The maximum absolute atomic E-state index is 3.67. The van der Waals surface area contributed by atoms with Crippen LogP contribution in [0.3, 0.4) is 0 Å². The molecule has 104 valence electrons. The molecule has 0 bridgehead atoms. The van der Waals surface area contributed by atoms with Gasteiger partial charge >= 0.3 is 0 Å². The Morgan fingerprint density at radius 2 is 1.59 bits per heavy atom. The lowest BCUT2D eigenvalue weighted by atomic mass is 9.86. The van der Waals surface area contributed by atoms with E-state index in [2.05, 4.69) is 53.8 Å². The van der Waals surface area contributed by atoms with Crippen molar-refractivity contribution in [3.63, 3.8) is 0 Å². The normalized spacial score (nSPS) is 16.2. The van der Waals surface area contributed by atoms with Crippen molar-refractivity contribution >= 4 is 0 Å². The Hall–Kier alpha value is -0.0400. The summed E-state index contributed by atoms with van der Waals surface area (Å²) in [7, 11) is 0. The molecule has 17 heavy (non-hydrogen) atoms. The van der Waals surface area contributed by atoms with Gasteiger partial charge in [-0.25, -0.2) is 0 Å². The second kappa shape index (κ2) is 8.13. The first-order chi connectivity index (χ1) is 7.74. The van der Waals surface area contributed by atoms with Crippen molar-refractivity contribution in [1.29, 1.82) is 0 Å². The van der Waals surface area contributed by atoms with E-state index in [1.165, 1.54) is 32.2 Å². The van der Waals surface area contributed by atoms with Crippen LogP contribution in [-0.4, -0.2) is 12.1 Å². The molecule has 2 unspecified atom stereocenters. The van der Waals surface area contributed by atoms with Crippen LogP contribution in [0.4, 0.5) is 0 Å². The molecule has 0 saturated heterocycles. The molecule has 0 fully saturated rings. The van der Waals surface area contributed by atoms with Gasteiger partial charge in [0, 0.05) is 5.54 Å². The molecule has 0 saturated carbocycles. The third-order valence-corrected chi connectivity index (χ3v) is 3.24. The summed E-state index contributed by atoms with van der Waals surface area (Å²) >= 11 is 0. The highest BCUT2D eigenvalue weighted by molar-refractivity contribution is 4.75. The minimum absolute atomic E-state index is 0.253. The van der Waals surface area contributed by atoms with E-state index in [1.807, 2.05) is 0 Å². The highest BCUT2D eigenvalue weighted by Crippen LogP contribution is 2.23. The topological polar surface area (TPSA) is 12.0 Å². The van der Waals surface area contributed by atoms with Crippen molar-refractivity contribution in [1.82, 2.24) is 5.32 Å². The summed E-state index contributed by atoms with van der Waals surface area (Å²) in [6.45, 7) is 17.3. The summed E-state index contributed by atoms with van der Waals surface area (Å²) in [5, 5.41) is 3.67. The summed E-state index contributed by atoms with van der Waals surface area (Å²) < 4.78 is 0. The second-order valence-electron chi connectivity index (χ2n) is 7.26. The zero-order chi connectivity index (χ0) is 13.5. The Bertz CT molecular complexity index is 178. The lowest BCUT2D eigenvalue weighted by molar-refractivity contribution is 0.282. The van der Waals surface area contributed by atoms with Gasteiger partial charge in [-0.05, 0) is 57.9 Å². The van der Waals surface area contributed by atoms with E-state index in [0.717, 1.165) is 17.8 Å². The molecule has 0 aromatic rings. The van der Waals surface area contributed by atoms with Crippen molar-refractivity contribution in [3.8, 4) is 0 Å². The van der Waals surface area contributed by atoms with Gasteiger partial charge in [0.15, 0.2) is 0 Å². The van der Waals surface area contributed by atoms with Gasteiger partial charge in [-0.1, -0.05) is 40.5 Å². The van der Waals surface area contributed by atoms with Gasteiger partial charge in [0.1, 0.15) is 0 Å². The molecule has 0 aromatic heterocycles. The first kappa shape index (κ1) is 17.0. The largest absolute Gasteiger partial charge is 0.312 e. The maximum Gasteiger partial charge on any atom is 0.00966 e. The lowest BCUT2D eigenvalue weighted by Gasteiger charge is -2.28. The third-order valence-electron chi connectivity index (χ3n) is 3.24. The van der Waals surface area contributed by atoms with Gasteiger partial charge in [0.25, 0.3) is 0 Å². The third kappa shape index (κ3) is 10.8. The number of rotatable bonds is 8. The van der Waals surface area contributed by atoms with Crippen LogP contribution in [0.25, 0.3) is 0 Å². The molecule has 0 aliphatic carbocycles. The van der Waals surface area contributed by atoms with Crippen LogP contribution in [0.2, 0.25) is 0 Å². The standard InChI is InChI=1S/C16H35N/c1-8-9-14(4)11-15(10-13(2)3)12-17-16(5,6)7/h13-15,17H,8-12H2,1-7H3. The summed E-state index contributed by atoms with van der Waals surface area (Å²) in [4.78, 5) is 0. The highest BCUT2D eigenvalue weighted by Gasteiger charge is 2.17. The van der Waals surface area contributed by atoms with Crippen molar-refractivity contribution < 1.29 is 0 Å². The molecule has 0 heterocycles. The molecule has 1 N–H and O–H groups in total.